The molecule has 1 aliphatic heterocycles. The molecule has 198 valence electrons. The van der Waals surface area contributed by atoms with Crippen LogP contribution in [0.4, 0.5) is 5.69 Å². The number of amides is 1. The molecule has 1 fully saturated rings. The lowest BCUT2D eigenvalue weighted by atomic mass is 9.97. The number of aliphatic hydroxyl groups is 1. The third-order valence-corrected chi connectivity index (χ3v) is 7.50. The quantitative estimate of drug-likeness (QED) is 0.392. The van der Waals surface area contributed by atoms with Crippen LogP contribution >= 0.6 is 0 Å². The molecule has 3 heterocycles. The van der Waals surface area contributed by atoms with E-state index in [0.717, 1.165) is 53.9 Å². The van der Waals surface area contributed by atoms with Crippen molar-refractivity contribution >= 4 is 22.6 Å². The Kier molecular flexibility index (Phi) is 7.23. The Morgan fingerprint density at radius 3 is 2.32 bits per heavy atom. The molecule has 1 saturated heterocycles. The van der Waals surface area contributed by atoms with Gasteiger partial charge in [-0.05, 0) is 80.4 Å². The van der Waals surface area contributed by atoms with Crippen LogP contribution in [0.3, 0.4) is 0 Å². The van der Waals surface area contributed by atoms with Gasteiger partial charge in [0.25, 0.3) is 5.91 Å². The summed E-state index contributed by atoms with van der Waals surface area (Å²) in [6, 6.07) is 14.4. The second-order valence-corrected chi connectivity index (χ2v) is 10.7. The minimum atomic E-state index is -0.563. The van der Waals surface area contributed by atoms with E-state index >= 15 is 0 Å². The number of carbonyl (C=O) groups is 1. The van der Waals surface area contributed by atoms with Crippen molar-refractivity contribution < 1.29 is 9.90 Å². The summed E-state index contributed by atoms with van der Waals surface area (Å²) >= 11 is 0. The van der Waals surface area contributed by atoms with Gasteiger partial charge in [-0.1, -0.05) is 12.1 Å². The monoisotopic (exact) mass is 511 g/mol. The maximum Gasteiger partial charge on any atom is 0.253 e. The number of hydrogen-bond donors (Lipinski definition) is 2. The second-order valence-electron chi connectivity index (χ2n) is 10.7. The van der Waals surface area contributed by atoms with Crippen molar-refractivity contribution in [3.05, 3.63) is 71.5 Å². The number of nitrogens with one attached hydrogen (secondary N) is 1. The van der Waals surface area contributed by atoms with Crippen molar-refractivity contribution in [2.24, 2.45) is 0 Å². The molecule has 4 aromatic rings. The van der Waals surface area contributed by atoms with Gasteiger partial charge < -0.3 is 24.8 Å². The van der Waals surface area contributed by atoms with Gasteiger partial charge in [0.15, 0.2) is 0 Å². The molecular formula is C31H37N5O2. The third kappa shape index (κ3) is 5.17. The summed E-state index contributed by atoms with van der Waals surface area (Å²) < 4.78 is 0. The maximum atomic E-state index is 12.7. The fourth-order valence-electron chi connectivity index (χ4n) is 5.54. The Hall–Kier alpha value is -3.68. The Bertz CT molecular complexity index is 1430. The fourth-order valence-corrected chi connectivity index (χ4v) is 5.54. The van der Waals surface area contributed by atoms with Gasteiger partial charge in [-0.15, -0.1) is 0 Å². The first kappa shape index (κ1) is 25.9. The van der Waals surface area contributed by atoms with Crippen molar-refractivity contribution in [1.29, 1.82) is 0 Å². The van der Waals surface area contributed by atoms with Gasteiger partial charge in [-0.2, -0.15) is 0 Å². The summed E-state index contributed by atoms with van der Waals surface area (Å²) in [6.07, 6.45) is 3.35. The molecule has 7 nitrogen and oxygen atoms in total. The predicted octanol–water partition coefficient (Wildman–Crippen LogP) is 4.72. The molecule has 0 bridgehead atoms. The highest BCUT2D eigenvalue weighted by atomic mass is 16.3. The van der Waals surface area contributed by atoms with Gasteiger partial charge >= 0.3 is 0 Å². The number of aryl methyl sites for hydroxylation is 2. The highest BCUT2D eigenvalue weighted by Crippen LogP contribution is 2.35. The first-order valence-corrected chi connectivity index (χ1v) is 13.3. The number of likely N-dealkylation sites (N-methyl/N-ethyl adjacent to an activating group) is 2. The number of benzene rings is 2. The number of aliphatic hydroxyl groups excluding tert-OH is 1. The molecule has 0 radical (unpaired) electrons. The van der Waals surface area contributed by atoms with E-state index in [9.17, 15) is 9.90 Å². The van der Waals surface area contributed by atoms with Crippen molar-refractivity contribution in [1.82, 2.24) is 19.8 Å². The summed E-state index contributed by atoms with van der Waals surface area (Å²) in [6.45, 7) is 10.7. The van der Waals surface area contributed by atoms with Gasteiger partial charge in [-0.3, -0.25) is 4.79 Å². The Morgan fingerprint density at radius 2 is 1.68 bits per heavy atom. The Labute approximate surface area is 224 Å². The summed E-state index contributed by atoms with van der Waals surface area (Å²) in [5.74, 6) is -0.105. The Balaban J connectivity index is 1.43. The van der Waals surface area contributed by atoms with E-state index in [1.165, 1.54) is 22.4 Å². The third-order valence-electron chi connectivity index (χ3n) is 7.50. The normalized spacial score (nSPS) is 15.2. The van der Waals surface area contributed by atoms with Crippen LogP contribution in [0, 0.1) is 13.8 Å². The van der Waals surface area contributed by atoms with Crippen LogP contribution in [0.1, 0.15) is 28.4 Å². The number of anilines is 1. The van der Waals surface area contributed by atoms with Crippen molar-refractivity contribution in [2.75, 3.05) is 51.7 Å². The lowest BCUT2D eigenvalue weighted by molar-refractivity contribution is 0.0703. The topological polar surface area (TPSA) is 75.7 Å². The number of rotatable bonds is 6. The van der Waals surface area contributed by atoms with Crippen LogP contribution in [0.25, 0.3) is 33.3 Å². The van der Waals surface area contributed by atoms with Crippen LogP contribution in [-0.2, 0) is 0 Å². The first-order chi connectivity index (χ1) is 18.2. The fraction of sp³-hybridized carbons (Fsp3) is 0.355. The van der Waals surface area contributed by atoms with Crippen LogP contribution in [0.5, 0.6) is 0 Å². The molecule has 2 N–H and O–H groups in total. The number of piperazine rings is 1. The van der Waals surface area contributed by atoms with E-state index in [4.69, 9.17) is 4.98 Å². The molecule has 2 aromatic heterocycles. The molecule has 0 aliphatic carbocycles. The number of fused-ring (bicyclic) bond motifs is 1. The van der Waals surface area contributed by atoms with Gasteiger partial charge in [0, 0.05) is 79.9 Å². The smallest absolute Gasteiger partial charge is 0.253 e. The highest BCUT2D eigenvalue weighted by Gasteiger charge is 2.19. The predicted molar refractivity (Wildman–Crippen MR) is 155 cm³/mol. The van der Waals surface area contributed by atoms with E-state index in [1.807, 2.05) is 36.7 Å². The lowest BCUT2D eigenvalue weighted by Gasteiger charge is -2.36. The number of nitrogens with zero attached hydrogens (tertiary/aromatic N) is 4. The molecule has 0 spiro atoms. The lowest BCUT2D eigenvalue weighted by Crippen LogP contribution is -2.45. The standard InChI is InChI=1S/C31H37N5O2/c1-20-14-25(15-21(2)29(20)36-12-10-34(4)11-13-36)26-16-27-28(18-33-30(27)32-17-26)23-6-8-24(9-7-23)31(38)35(5)19-22(3)37/h6-9,14-18,22,37H,10-13,19H2,1-5H3,(H,32,33)/t22-/m0/s1. The van der Waals surface area contributed by atoms with Crippen LogP contribution in [0.15, 0.2) is 54.9 Å². The molecule has 0 unspecified atom stereocenters. The Morgan fingerprint density at radius 1 is 1.03 bits per heavy atom. The molecule has 7 heteroatoms. The zero-order chi connectivity index (χ0) is 27.0. The number of H-pyrrole nitrogens is 1. The molecule has 0 saturated carbocycles. The van der Waals surface area contributed by atoms with E-state index in [1.54, 1.807) is 18.9 Å². The van der Waals surface area contributed by atoms with Gasteiger partial charge in [0.1, 0.15) is 5.65 Å². The van der Waals surface area contributed by atoms with Crippen molar-refractivity contribution in [3.63, 3.8) is 0 Å². The summed E-state index contributed by atoms with van der Waals surface area (Å²) in [5, 5.41) is 10.6. The molecule has 1 aliphatic rings. The van der Waals surface area contributed by atoms with Gasteiger partial charge in [0.05, 0.1) is 6.10 Å². The number of hydrogen-bond acceptors (Lipinski definition) is 5. The minimum absolute atomic E-state index is 0.105. The highest BCUT2D eigenvalue weighted by molar-refractivity contribution is 5.98. The van der Waals surface area contributed by atoms with E-state index in [0.29, 0.717) is 12.1 Å². The molecule has 2 aromatic carbocycles. The molecule has 1 atom stereocenters. The summed E-state index contributed by atoms with van der Waals surface area (Å²) in [5.41, 5.74) is 9.69. The zero-order valence-electron chi connectivity index (χ0n) is 23.0. The van der Waals surface area contributed by atoms with E-state index in [-0.39, 0.29) is 5.91 Å². The molecular weight excluding hydrogens is 474 g/mol. The van der Waals surface area contributed by atoms with Crippen LogP contribution in [-0.4, -0.2) is 83.7 Å². The second kappa shape index (κ2) is 10.6. The zero-order valence-corrected chi connectivity index (χ0v) is 23.0. The first-order valence-electron chi connectivity index (χ1n) is 13.3. The van der Waals surface area contributed by atoms with Gasteiger partial charge in [-0.25, -0.2) is 4.98 Å². The summed E-state index contributed by atoms with van der Waals surface area (Å²) in [7, 11) is 3.89. The van der Waals surface area contributed by atoms with Crippen molar-refractivity contribution in [2.45, 2.75) is 26.9 Å². The van der Waals surface area contributed by atoms with Gasteiger partial charge in [0.2, 0.25) is 0 Å². The van der Waals surface area contributed by atoms with E-state index in [2.05, 4.69) is 53.9 Å². The SMILES string of the molecule is Cc1cc(-c2cnc3[nH]cc(-c4ccc(C(=O)N(C)C[C@H](C)O)cc4)c3c2)cc(C)c1N1CCN(C)CC1. The molecule has 38 heavy (non-hydrogen) atoms. The number of carbonyl (C=O) groups excluding carboxylic acids is 1. The van der Waals surface area contributed by atoms with E-state index < -0.39 is 6.10 Å². The minimum Gasteiger partial charge on any atom is -0.392 e. The maximum absolute atomic E-state index is 12.7. The largest absolute Gasteiger partial charge is 0.392 e. The molecule has 5 rings (SSSR count). The van der Waals surface area contributed by atoms with Crippen LogP contribution < -0.4 is 4.90 Å². The van der Waals surface area contributed by atoms with Crippen molar-refractivity contribution in [3.8, 4) is 22.3 Å². The summed E-state index contributed by atoms with van der Waals surface area (Å²) in [4.78, 5) is 27.1. The van der Waals surface area contributed by atoms with Crippen LogP contribution in [0.2, 0.25) is 0 Å². The number of pyridine rings is 1. The average Bonchev–Trinajstić information content (AvgIpc) is 3.32. The number of aromatic nitrogens is 2. The molecule has 1 amide bonds. The average molecular weight is 512 g/mol. The number of aromatic amines is 1.